The lowest BCUT2D eigenvalue weighted by Gasteiger charge is -2.08. The third kappa shape index (κ3) is 2.69. The molecule has 0 amide bonds. The van der Waals surface area contributed by atoms with Crippen LogP contribution >= 0.6 is 0 Å². The lowest BCUT2D eigenvalue weighted by molar-refractivity contribution is -0.158. The van der Waals surface area contributed by atoms with Crippen molar-refractivity contribution in [2.45, 2.75) is 19.8 Å². The molecular weight excluding hydrogens is 180 g/mol. The summed E-state index contributed by atoms with van der Waals surface area (Å²) in [5, 5.41) is 0. The van der Waals surface area contributed by atoms with E-state index in [1.807, 2.05) is 30.3 Å². The Labute approximate surface area is 82.7 Å². The fourth-order valence-electron chi connectivity index (χ4n) is 1.11. The Morgan fingerprint density at radius 3 is 2.29 bits per heavy atom. The Morgan fingerprint density at radius 2 is 1.79 bits per heavy atom. The smallest absolute Gasteiger partial charge is 0.320 e. The number of ether oxygens (including phenoxy) is 1. The van der Waals surface area contributed by atoms with Crippen LogP contribution in [0, 0.1) is 0 Å². The van der Waals surface area contributed by atoms with E-state index in [0.717, 1.165) is 5.56 Å². The molecule has 1 rings (SSSR count). The second kappa shape index (κ2) is 4.56. The summed E-state index contributed by atoms with van der Waals surface area (Å²) in [6.45, 7) is 2.93. The molecule has 0 aliphatic carbocycles. The van der Waals surface area contributed by atoms with Crippen LogP contribution in [0.2, 0.25) is 0 Å². The van der Waals surface area contributed by atoms with Crippen molar-refractivity contribution in [1.29, 1.82) is 0 Å². The lowest BCUT2D eigenvalue weighted by atomic mass is 10.0. The molecule has 0 N–H and O–H groups in total. The molecule has 0 aliphatic heterocycles. The largest absolute Gasteiger partial charge is 0.393 e. The van der Waals surface area contributed by atoms with Gasteiger partial charge in [-0.2, -0.15) is 0 Å². The van der Waals surface area contributed by atoms with Crippen molar-refractivity contribution in [1.82, 2.24) is 0 Å². The van der Waals surface area contributed by atoms with Gasteiger partial charge >= 0.3 is 11.9 Å². The Bertz CT molecular complexity index is 330. The predicted molar refractivity (Wildman–Crippen MR) is 51.6 cm³/mol. The van der Waals surface area contributed by atoms with Crippen LogP contribution in [0.15, 0.2) is 30.3 Å². The Kier molecular flexibility index (Phi) is 3.40. The summed E-state index contributed by atoms with van der Waals surface area (Å²) < 4.78 is 4.49. The minimum Gasteiger partial charge on any atom is -0.393 e. The minimum absolute atomic E-state index is 0.403. The highest BCUT2D eigenvalue weighted by molar-refractivity contribution is 5.88. The number of rotatable bonds is 2. The molecule has 0 fully saturated rings. The Hall–Kier alpha value is -1.64. The predicted octanol–water partition coefficient (Wildman–Crippen LogP) is 1.88. The number of benzene rings is 1. The summed E-state index contributed by atoms with van der Waals surface area (Å²) in [6.07, 6.45) is 0. The van der Waals surface area contributed by atoms with E-state index in [1.54, 1.807) is 6.92 Å². The number of carbonyl (C=O) groups is 2. The fraction of sp³-hybridized carbons (Fsp3) is 0.273. The fourth-order valence-corrected chi connectivity index (χ4v) is 1.11. The summed E-state index contributed by atoms with van der Waals surface area (Å²) >= 11 is 0. The van der Waals surface area contributed by atoms with E-state index >= 15 is 0 Å². The number of esters is 2. The molecule has 1 atom stereocenters. The van der Waals surface area contributed by atoms with Crippen LogP contribution in [0.1, 0.15) is 25.3 Å². The Balaban J connectivity index is 2.71. The van der Waals surface area contributed by atoms with E-state index in [1.165, 1.54) is 6.92 Å². The van der Waals surface area contributed by atoms with Gasteiger partial charge in [-0.3, -0.25) is 9.59 Å². The lowest BCUT2D eigenvalue weighted by Crippen LogP contribution is -2.15. The van der Waals surface area contributed by atoms with E-state index < -0.39 is 17.9 Å². The van der Waals surface area contributed by atoms with Gasteiger partial charge in [0.15, 0.2) is 0 Å². The third-order valence-corrected chi connectivity index (χ3v) is 1.90. The zero-order chi connectivity index (χ0) is 10.6. The maximum absolute atomic E-state index is 11.3. The highest BCUT2D eigenvalue weighted by Crippen LogP contribution is 2.15. The normalized spacial score (nSPS) is 11.9. The van der Waals surface area contributed by atoms with Crippen molar-refractivity contribution >= 4 is 11.9 Å². The molecular formula is C11H12O3. The van der Waals surface area contributed by atoms with Gasteiger partial charge in [0.05, 0.1) is 5.92 Å². The van der Waals surface area contributed by atoms with Crippen LogP contribution in [0.3, 0.4) is 0 Å². The first kappa shape index (κ1) is 10.4. The van der Waals surface area contributed by atoms with Crippen molar-refractivity contribution in [2.75, 3.05) is 0 Å². The molecule has 0 heterocycles. The van der Waals surface area contributed by atoms with Gasteiger partial charge < -0.3 is 4.74 Å². The van der Waals surface area contributed by atoms with Crippen molar-refractivity contribution in [3.8, 4) is 0 Å². The van der Waals surface area contributed by atoms with Gasteiger partial charge in [-0.05, 0) is 12.5 Å². The van der Waals surface area contributed by atoms with Crippen molar-refractivity contribution in [2.24, 2.45) is 0 Å². The summed E-state index contributed by atoms with van der Waals surface area (Å²) in [7, 11) is 0. The topological polar surface area (TPSA) is 43.4 Å². The van der Waals surface area contributed by atoms with Crippen molar-refractivity contribution < 1.29 is 14.3 Å². The van der Waals surface area contributed by atoms with Crippen LogP contribution in [0.5, 0.6) is 0 Å². The average molecular weight is 192 g/mol. The van der Waals surface area contributed by atoms with Crippen molar-refractivity contribution in [3.63, 3.8) is 0 Å². The van der Waals surface area contributed by atoms with E-state index in [-0.39, 0.29) is 0 Å². The highest BCUT2D eigenvalue weighted by Gasteiger charge is 2.17. The second-order valence-electron chi connectivity index (χ2n) is 3.05. The first-order valence-corrected chi connectivity index (χ1v) is 4.38. The van der Waals surface area contributed by atoms with E-state index in [4.69, 9.17) is 0 Å². The Morgan fingerprint density at radius 1 is 1.21 bits per heavy atom. The summed E-state index contributed by atoms with van der Waals surface area (Å²) in [4.78, 5) is 21.9. The molecule has 0 aromatic heterocycles. The van der Waals surface area contributed by atoms with E-state index in [0.29, 0.717) is 0 Å². The average Bonchev–Trinajstić information content (AvgIpc) is 2.17. The molecule has 0 bridgehead atoms. The molecule has 0 aliphatic rings. The van der Waals surface area contributed by atoms with Crippen LogP contribution in [0.25, 0.3) is 0 Å². The molecule has 3 heteroatoms. The van der Waals surface area contributed by atoms with Crippen LogP contribution in [0.4, 0.5) is 0 Å². The summed E-state index contributed by atoms with van der Waals surface area (Å²) in [6, 6.07) is 9.20. The number of hydrogen-bond donors (Lipinski definition) is 0. The molecule has 1 unspecified atom stereocenters. The first-order chi connectivity index (χ1) is 6.61. The van der Waals surface area contributed by atoms with Gasteiger partial charge in [0, 0.05) is 6.92 Å². The molecule has 1 aromatic rings. The van der Waals surface area contributed by atoms with Gasteiger partial charge in [0.25, 0.3) is 0 Å². The monoisotopic (exact) mass is 192 g/mol. The second-order valence-corrected chi connectivity index (χ2v) is 3.05. The first-order valence-electron chi connectivity index (χ1n) is 4.38. The molecule has 0 radical (unpaired) electrons. The summed E-state index contributed by atoms with van der Waals surface area (Å²) in [5.41, 5.74) is 0.846. The maximum Gasteiger partial charge on any atom is 0.320 e. The highest BCUT2D eigenvalue weighted by atomic mass is 16.6. The van der Waals surface area contributed by atoms with Gasteiger partial charge in [0.2, 0.25) is 0 Å². The molecule has 0 spiro atoms. The maximum atomic E-state index is 11.3. The van der Waals surface area contributed by atoms with Crippen LogP contribution in [-0.4, -0.2) is 11.9 Å². The minimum atomic E-state index is -0.571. The van der Waals surface area contributed by atoms with Crippen molar-refractivity contribution in [3.05, 3.63) is 35.9 Å². The third-order valence-electron chi connectivity index (χ3n) is 1.90. The quantitative estimate of drug-likeness (QED) is 0.530. The molecule has 3 nitrogen and oxygen atoms in total. The van der Waals surface area contributed by atoms with E-state index in [2.05, 4.69) is 4.74 Å². The molecule has 0 saturated carbocycles. The molecule has 14 heavy (non-hydrogen) atoms. The number of hydrogen-bond acceptors (Lipinski definition) is 3. The zero-order valence-electron chi connectivity index (χ0n) is 8.19. The summed E-state index contributed by atoms with van der Waals surface area (Å²) in [5.74, 6) is -1.48. The molecule has 74 valence electrons. The standard InChI is InChI=1S/C11H12O3/c1-8(11(13)14-9(2)12)10-6-4-3-5-7-10/h3-8H,1-2H3. The number of carbonyl (C=O) groups excluding carboxylic acids is 2. The van der Waals surface area contributed by atoms with Gasteiger partial charge in [0.1, 0.15) is 0 Å². The van der Waals surface area contributed by atoms with Crippen LogP contribution < -0.4 is 0 Å². The molecule has 1 aromatic carbocycles. The molecule has 0 saturated heterocycles. The van der Waals surface area contributed by atoms with Gasteiger partial charge in [-0.15, -0.1) is 0 Å². The van der Waals surface area contributed by atoms with Crippen LogP contribution in [-0.2, 0) is 14.3 Å². The SMILES string of the molecule is CC(=O)OC(=O)C(C)c1ccccc1. The van der Waals surface area contributed by atoms with Gasteiger partial charge in [-0.25, -0.2) is 0 Å². The zero-order valence-corrected chi connectivity index (χ0v) is 8.19. The van der Waals surface area contributed by atoms with Gasteiger partial charge in [-0.1, -0.05) is 30.3 Å². The van der Waals surface area contributed by atoms with E-state index in [9.17, 15) is 9.59 Å².